The summed E-state index contributed by atoms with van der Waals surface area (Å²) in [5.41, 5.74) is 5.40. The lowest BCUT2D eigenvalue weighted by Gasteiger charge is -2.29. The second-order valence-electron chi connectivity index (χ2n) is 6.60. The number of para-hydroxylation sites is 1. The topological polar surface area (TPSA) is 23.6 Å². The van der Waals surface area contributed by atoms with Gasteiger partial charge in [0, 0.05) is 17.9 Å². The van der Waals surface area contributed by atoms with Crippen LogP contribution in [0.5, 0.6) is 0 Å². The van der Waals surface area contributed by atoms with Crippen molar-refractivity contribution in [2.45, 2.75) is 13.8 Å². The van der Waals surface area contributed by atoms with Crippen molar-refractivity contribution in [3.8, 4) is 0 Å². The fourth-order valence-electron chi connectivity index (χ4n) is 3.34. The normalized spacial score (nSPS) is 19.1. The molecule has 0 unspecified atom stereocenters. The number of aryl methyl sites for hydroxylation is 1. The summed E-state index contributed by atoms with van der Waals surface area (Å²) in [7, 11) is 0. The van der Waals surface area contributed by atoms with Gasteiger partial charge in [-0.3, -0.25) is 9.69 Å². The number of nitrogens with zero attached hydrogens (tertiary/aromatic N) is 2. The van der Waals surface area contributed by atoms with Gasteiger partial charge in [-0.25, -0.2) is 0 Å². The number of anilines is 2. The number of likely N-dealkylation sites (N-methyl/N-ethyl adjacent to an activating group) is 1. The van der Waals surface area contributed by atoms with Gasteiger partial charge in [0.05, 0.1) is 10.6 Å². The van der Waals surface area contributed by atoms with Crippen LogP contribution in [-0.4, -0.2) is 16.8 Å². The van der Waals surface area contributed by atoms with Gasteiger partial charge >= 0.3 is 0 Å². The molecule has 1 amide bonds. The van der Waals surface area contributed by atoms with Crippen LogP contribution in [0.2, 0.25) is 0 Å². The summed E-state index contributed by atoms with van der Waals surface area (Å²) < 4.78 is 0.565. The molecular formula is C23H20N2OS2. The van der Waals surface area contributed by atoms with Gasteiger partial charge in [-0.15, -0.1) is 0 Å². The van der Waals surface area contributed by atoms with Crippen molar-refractivity contribution in [3.63, 3.8) is 0 Å². The van der Waals surface area contributed by atoms with E-state index in [1.165, 1.54) is 23.0 Å². The van der Waals surface area contributed by atoms with Crippen molar-refractivity contribution >= 4 is 51.7 Å². The number of carbonyl (C=O) groups excluding carboxylic acids is 1. The Balaban J connectivity index is 1.62. The minimum atomic E-state index is -0.0704. The monoisotopic (exact) mass is 404 g/mol. The van der Waals surface area contributed by atoms with Crippen LogP contribution in [0, 0.1) is 6.92 Å². The molecule has 2 aromatic carbocycles. The summed E-state index contributed by atoms with van der Waals surface area (Å²) in [5.74, 6) is -0.0704. The van der Waals surface area contributed by atoms with Crippen LogP contribution in [0.25, 0.3) is 6.08 Å². The van der Waals surface area contributed by atoms with Crippen molar-refractivity contribution in [1.29, 1.82) is 0 Å². The minimum Gasteiger partial charge on any atom is -0.341 e. The lowest BCUT2D eigenvalue weighted by atomic mass is 10.1. The second kappa shape index (κ2) is 7.78. The molecule has 1 saturated heterocycles. The van der Waals surface area contributed by atoms with Gasteiger partial charge in [-0.2, -0.15) is 0 Å². The van der Waals surface area contributed by atoms with Crippen molar-refractivity contribution < 1.29 is 4.79 Å². The molecule has 1 fully saturated rings. The SMILES string of the molecule is CCN1C(=CC=C2SC(=S)N(c3ccc(C)cc3)C2=O)C=Cc2ccccc21. The summed E-state index contributed by atoms with van der Waals surface area (Å²) in [6, 6.07) is 16.2. The van der Waals surface area contributed by atoms with E-state index in [0.717, 1.165) is 23.5 Å². The first-order valence-corrected chi connectivity index (χ1v) is 10.4. The number of benzene rings is 2. The van der Waals surface area contributed by atoms with Gasteiger partial charge in [-0.05, 0) is 55.8 Å². The Morgan fingerprint density at radius 2 is 1.79 bits per heavy atom. The van der Waals surface area contributed by atoms with Crippen LogP contribution in [0.4, 0.5) is 11.4 Å². The van der Waals surface area contributed by atoms with Crippen LogP contribution in [0.3, 0.4) is 0 Å². The number of allylic oxidation sites excluding steroid dienone is 3. The number of thioether (sulfide) groups is 1. The van der Waals surface area contributed by atoms with E-state index in [9.17, 15) is 4.79 Å². The Bertz CT molecular complexity index is 1030. The predicted octanol–water partition coefficient (Wildman–Crippen LogP) is 5.68. The molecule has 2 aliphatic heterocycles. The maximum Gasteiger partial charge on any atom is 0.270 e. The van der Waals surface area contributed by atoms with Crippen molar-refractivity contribution in [2.24, 2.45) is 0 Å². The van der Waals surface area contributed by atoms with E-state index in [2.05, 4.69) is 36.1 Å². The molecule has 140 valence electrons. The summed E-state index contributed by atoms with van der Waals surface area (Å²) in [6.45, 7) is 5.00. The zero-order valence-electron chi connectivity index (χ0n) is 15.8. The molecule has 2 heterocycles. The van der Waals surface area contributed by atoms with Gasteiger partial charge < -0.3 is 4.90 Å². The molecule has 0 aliphatic carbocycles. The van der Waals surface area contributed by atoms with E-state index >= 15 is 0 Å². The van der Waals surface area contributed by atoms with Gasteiger partial charge in [0.15, 0.2) is 4.32 Å². The molecule has 0 bridgehead atoms. The molecule has 3 nitrogen and oxygen atoms in total. The summed E-state index contributed by atoms with van der Waals surface area (Å²) in [4.78, 5) is 17.4. The minimum absolute atomic E-state index is 0.0704. The number of hydrogen-bond acceptors (Lipinski definition) is 4. The van der Waals surface area contributed by atoms with Gasteiger partial charge in [0.25, 0.3) is 5.91 Å². The number of rotatable bonds is 3. The first-order valence-electron chi connectivity index (χ1n) is 9.18. The first kappa shape index (κ1) is 18.7. The third-order valence-corrected chi connectivity index (χ3v) is 6.10. The van der Waals surface area contributed by atoms with Gasteiger partial charge in [0.2, 0.25) is 0 Å². The highest BCUT2D eigenvalue weighted by molar-refractivity contribution is 8.27. The lowest BCUT2D eigenvalue weighted by molar-refractivity contribution is -0.113. The third-order valence-electron chi connectivity index (χ3n) is 4.78. The molecule has 28 heavy (non-hydrogen) atoms. The van der Waals surface area contributed by atoms with Crippen molar-refractivity contribution in [1.82, 2.24) is 0 Å². The molecule has 5 heteroatoms. The lowest BCUT2D eigenvalue weighted by Crippen LogP contribution is -2.27. The predicted molar refractivity (Wildman–Crippen MR) is 124 cm³/mol. The average Bonchev–Trinajstić information content (AvgIpc) is 3.00. The fourth-order valence-corrected chi connectivity index (χ4v) is 4.58. The smallest absolute Gasteiger partial charge is 0.270 e. The Morgan fingerprint density at radius 1 is 1.04 bits per heavy atom. The zero-order chi connectivity index (χ0) is 19.7. The molecule has 0 radical (unpaired) electrons. The number of thiocarbonyl (C=S) groups is 1. The molecule has 0 aromatic heterocycles. The number of carbonyl (C=O) groups is 1. The summed E-state index contributed by atoms with van der Waals surface area (Å²) >= 11 is 6.81. The molecule has 2 aromatic rings. The standard InChI is InChI=1S/C23H20N2OS2/c1-3-24-18(13-10-17-6-4-5-7-20(17)24)14-15-21-22(26)25(23(27)28-21)19-11-8-16(2)9-12-19/h4-15H,3H2,1-2H3. The quantitative estimate of drug-likeness (QED) is 0.485. The number of hydrogen-bond donors (Lipinski definition) is 0. The highest BCUT2D eigenvalue weighted by Gasteiger charge is 2.33. The first-order chi connectivity index (χ1) is 13.6. The van der Waals surface area contributed by atoms with E-state index in [0.29, 0.717) is 9.23 Å². The van der Waals surface area contributed by atoms with Crippen LogP contribution < -0.4 is 9.80 Å². The maximum atomic E-state index is 12.9. The molecule has 0 atom stereocenters. The van der Waals surface area contributed by atoms with Gasteiger partial charge in [-0.1, -0.05) is 66.0 Å². The van der Waals surface area contributed by atoms with Crippen LogP contribution in [0.15, 0.2) is 77.4 Å². The largest absolute Gasteiger partial charge is 0.341 e. The molecule has 4 rings (SSSR count). The van der Waals surface area contributed by atoms with Gasteiger partial charge in [0.1, 0.15) is 0 Å². The fraction of sp³-hybridized carbons (Fsp3) is 0.130. The third kappa shape index (κ3) is 3.43. The van der Waals surface area contributed by atoms with Crippen LogP contribution in [-0.2, 0) is 4.79 Å². The van der Waals surface area contributed by atoms with Crippen LogP contribution >= 0.6 is 24.0 Å². The van der Waals surface area contributed by atoms with E-state index in [4.69, 9.17) is 12.2 Å². The number of fused-ring (bicyclic) bond motifs is 1. The Morgan fingerprint density at radius 3 is 2.54 bits per heavy atom. The second-order valence-corrected chi connectivity index (χ2v) is 8.28. The average molecular weight is 405 g/mol. The molecule has 2 aliphatic rings. The van der Waals surface area contributed by atoms with Crippen molar-refractivity contribution in [2.75, 3.05) is 16.3 Å². The Labute approximate surface area is 175 Å². The highest BCUT2D eigenvalue weighted by Crippen LogP contribution is 2.36. The number of amides is 1. The maximum absolute atomic E-state index is 12.9. The van der Waals surface area contributed by atoms with E-state index in [1.54, 1.807) is 4.90 Å². The molecule has 0 saturated carbocycles. The zero-order valence-corrected chi connectivity index (χ0v) is 17.4. The Hall–Kier alpha value is -2.63. The van der Waals surface area contributed by atoms with E-state index < -0.39 is 0 Å². The molecule has 0 spiro atoms. The van der Waals surface area contributed by atoms with E-state index in [1.807, 2.05) is 55.5 Å². The van der Waals surface area contributed by atoms with Crippen LogP contribution in [0.1, 0.15) is 18.1 Å². The highest BCUT2D eigenvalue weighted by atomic mass is 32.2. The summed E-state index contributed by atoms with van der Waals surface area (Å²) in [5, 5.41) is 0. The van der Waals surface area contributed by atoms with E-state index in [-0.39, 0.29) is 5.91 Å². The molecular weight excluding hydrogens is 384 g/mol. The van der Waals surface area contributed by atoms with Crippen molar-refractivity contribution in [3.05, 3.63) is 88.5 Å². The summed E-state index contributed by atoms with van der Waals surface area (Å²) in [6.07, 6.45) is 8.07. The Kier molecular flexibility index (Phi) is 5.20. The molecule has 0 N–H and O–H groups in total.